The van der Waals surface area contributed by atoms with E-state index in [0.29, 0.717) is 5.69 Å². The molecule has 4 nitrogen and oxygen atoms in total. The molecule has 4 saturated carbocycles. The van der Waals surface area contributed by atoms with Gasteiger partial charge in [0.1, 0.15) is 5.82 Å². The second kappa shape index (κ2) is 4.13. The van der Waals surface area contributed by atoms with Gasteiger partial charge >= 0.3 is 0 Å². The van der Waals surface area contributed by atoms with Gasteiger partial charge in [0.15, 0.2) is 11.6 Å². The van der Waals surface area contributed by atoms with Crippen molar-refractivity contribution in [3.05, 3.63) is 17.3 Å². The van der Waals surface area contributed by atoms with E-state index in [2.05, 4.69) is 15.4 Å². The molecule has 0 amide bonds. The zero-order chi connectivity index (χ0) is 13.9. The first-order valence-electron chi connectivity index (χ1n) is 7.61. The molecule has 4 bridgehead atoms. The van der Waals surface area contributed by atoms with Crippen LogP contribution in [-0.2, 0) is 5.41 Å². The normalized spacial score (nSPS) is 38.2. The van der Waals surface area contributed by atoms with Crippen molar-refractivity contribution in [2.75, 3.05) is 5.43 Å². The number of aryl methyl sites for hydroxylation is 1. The Labute approximate surface area is 118 Å². The van der Waals surface area contributed by atoms with Gasteiger partial charge in [-0.3, -0.25) is 0 Å². The van der Waals surface area contributed by atoms with Crippen LogP contribution in [0.3, 0.4) is 0 Å². The first kappa shape index (κ1) is 12.5. The van der Waals surface area contributed by atoms with Crippen molar-refractivity contribution in [3.8, 4) is 0 Å². The number of nitrogens with zero attached hydrogens (tertiary/aromatic N) is 2. The Morgan fingerprint density at radius 1 is 1.10 bits per heavy atom. The van der Waals surface area contributed by atoms with Crippen LogP contribution >= 0.6 is 0 Å². The molecule has 1 aromatic rings. The van der Waals surface area contributed by atoms with Crippen molar-refractivity contribution < 1.29 is 4.39 Å². The van der Waals surface area contributed by atoms with E-state index in [1.807, 2.05) is 0 Å². The molecular weight excluding hydrogens is 255 g/mol. The summed E-state index contributed by atoms with van der Waals surface area (Å²) in [5.41, 5.74) is 2.87. The molecule has 0 atom stereocenters. The first-order chi connectivity index (χ1) is 9.59. The lowest BCUT2D eigenvalue weighted by Gasteiger charge is -2.56. The summed E-state index contributed by atoms with van der Waals surface area (Å²) in [7, 11) is 0. The second-order valence-corrected chi connectivity index (χ2v) is 7.14. The molecule has 5 heteroatoms. The number of rotatable bonds is 2. The topological polar surface area (TPSA) is 63.8 Å². The van der Waals surface area contributed by atoms with Crippen molar-refractivity contribution in [3.63, 3.8) is 0 Å². The summed E-state index contributed by atoms with van der Waals surface area (Å²) in [5, 5.41) is 0. The predicted molar refractivity (Wildman–Crippen MR) is 74.4 cm³/mol. The fraction of sp³-hybridized carbons (Fsp3) is 0.733. The molecule has 0 aliphatic heterocycles. The lowest BCUT2D eigenvalue weighted by molar-refractivity contribution is -0.00948. The van der Waals surface area contributed by atoms with Crippen molar-refractivity contribution in [1.82, 2.24) is 9.97 Å². The number of hydrazine groups is 1. The average Bonchev–Trinajstić information content (AvgIpc) is 2.40. The number of nitrogens with one attached hydrogen (secondary N) is 1. The van der Waals surface area contributed by atoms with Gasteiger partial charge in [-0.1, -0.05) is 0 Å². The van der Waals surface area contributed by atoms with Crippen LogP contribution in [0.4, 0.5) is 10.2 Å². The second-order valence-electron chi connectivity index (χ2n) is 7.14. The number of hydrogen-bond donors (Lipinski definition) is 2. The third kappa shape index (κ3) is 1.68. The number of nitrogens with two attached hydrogens (primary N) is 1. The van der Waals surface area contributed by atoms with Crippen molar-refractivity contribution >= 4 is 5.82 Å². The third-order valence-corrected chi connectivity index (χ3v) is 5.67. The number of anilines is 1. The summed E-state index contributed by atoms with van der Waals surface area (Å²) in [5.74, 6) is 8.41. The van der Waals surface area contributed by atoms with E-state index in [-0.39, 0.29) is 11.2 Å². The zero-order valence-electron chi connectivity index (χ0n) is 11.8. The van der Waals surface area contributed by atoms with E-state index >= 15 is 0 Å². The number of halogens is 1. The highest BCUT2D eigenvalue weighted by atomic mass is 19.1. The van der Waals surface area contributed by atoms with E-state index in [9.17, 15) is 4.39 Å². The van der Waals surface area contributed by atoms with Crippen LogP contribution in [0.15, 0.2) is 0 Å². The Kier molecular flexibility index (Phi) is 2.58. The summed E-state index contributed by atoms with van der Waals surface area (Å²) >= 11 is 0. The van der Waals surface area contributed by atoms with Crippen LogP contribution in [-0.4, -0.2) is 9.97 Å². The summed E-state index contributed by atoms with van der Waals surface area (Å²) in [6.07, 6.45) is 7.65. The Hall–Kier alpha value is -1.23. The highest BCUT2D eigenvalue weighted by Crippen LogP contribution is 2.60. The van der Waals surface area contributed by atoms with Crippen LogP contribution < -0.4 is 11.3 Å². The lowest BCUT2D eigenvalue weighted by atomic mass is 9.49. The number of nitrogen functional groups attached to an aromatic ring is 1. The van der Waals surface area contributed by atoms with Crippen LogP contribution in [0.25, 0.3) is 0 Å². The summed E-state index contributed by atoms with van der Waals surface area (Å²) < 4.78 is 13.9. The first-order valence-corrected chi connectivity index (χ1v) is 7.61. The van der Waals surface area contributed by atoms with Crippen molar-refractivity contribution in [2.45, 2.75) is 50.9 Å². The molecular formula is C15H21FN4. The largest absolute Gasteiger partial charge is 0.306 e. The van der Waals surface area contributed by atoms with Gasteiger partial charge in [-0.15, -0.1) is 0 Å². The maximum atomic E-state index is 13.9. The molecule has 108 valence electrons. The van der Waals surface area contributed by atoms with Gasteiger partial charge < -0.3 is 5.43 Å². The predicted octanol–water partition coefficient (Wildman–Crippen LogP) is 2.68. The number of aromatic nitrogens is 2. The fourth-order valence-electron chi connectivity index (χ4n) is 5.28. The van der Waals surface area contributed by atoms with Gasteiger partial charge in [0.05, 0.1) is 5.69 Å². The average molecular weight is 276 g/mol. The molecule has 0 saturated heterocycles. The summed E-state index contributed by atoms with van der Waals surface area (Å²) in [6, 6.07) is 0. The van der Waals surface area contributed by atoms with Gasteiger partial charge in [0.25, 0.3) is 0 Å². The molecule has 1 aromatic heterocycles. The highest BCUT2D eigenvalue weighted by Gasteiger charge is 2.53. The third-order valence-electron chi connectivity index (χ3n) is 5.67. The Morgan fingerprint density at radius 2 is 1.65 bits per heavy atom. The molecule has 0 aromatic carbocycles. The van der Waals surface area contributed by atoms with Gasteiger partial charge in [0, 0.05) is 5.41 Å². The Balaban J connectivity index is 1.79. The molecule has 4 fully saturated rings. The van der Waals surface area contributed by atoms with Gasteiger partial charge in [0.2, 0.25) is 0 Å². The Bertz CT molecular complexity index is 522. The molecule has 4 aliphatic carbocycles. The summed E-state index contributed by atoms with van der Waals surface area (Å²) in [6.45, 7) is 1.70. The molecule has 0 radical (unpaired) electrons. The van der Waals surface area contributed by atoms with Gasteiger partial charge in [-0.05, 0) is 63.2 Å². The molecule has 20 heavy (non-hydrogen) atoms. The molecule has 0 spiro atoms. The van der Waals surface area contributed by atoms with Crippen LogP contribution in [0, 0.1) is 30.5 Å². The molecule has 4 aliphatic rings. The standard InChI is InChI=1S/C15H21FN4/c1-8-12(16)13(20-17)19-14(18-8)15-5-9-2-10(6-15)4-11(3-9)7-15/h9-11H,2-7,17H2,1H3,(H,18,19,20). The zero-order valence-corrected chi connectivity index (χ0v) is 11.8. The van der Waals surface area contributed by atoms with E-state index in [0.717, 1.165) is 23.6 Å². The van der Waals surface area contributed by atoms with E-state index in [1.54, 1.807) is 6.92 Å². The lowest BCUT2D eigenvalue weighted by Crippen LogP contribution is -2.49. The number of hydrogen-bond acceptors (Lipinski definition) is 4. The van der Waals surface area contributed by atoms with E-state index in [4.69, 9.17) is 5.84 Å². The molecule has 3 N–H and O–H groups in total. The van der Waals surface area contributed by atoms with Gasteiger partial charge in [-0.25, -0.2) is 20.2 Å². The minimum atomic E-state index is -0.430. The van der Waals surface area contributed by atoms with Gasteiger partial charge in [-0.2, -0.15) is 0 Å². The van der Waals surface area contributed by atoms with Crippen molar-refractivity contribution in [2.24, 2.45) is 23.6 Å². The molecule has 1 heterocycles. The van der Waals surface area contributed by atoms with Crippen molar-refractivity contribution in [1.29, 1.82) is 0 Å². The minimum Gasteiger partial charge on any atom is -0.306 e. The SMILES string of the molecule is Cc1nc(C23CC4CC(CC(C4)C2)C3)nc(NN)c1F. The van der Waals surface area contributed by atoms with E-state index < -0.39 is 5.82 Å². The molecule has 0 unspecified atom stereocenters. The summed E-state index contributed by atoms with van der Waals surface area (Å²) in [4.78, 5) is 8.91. The van der Waals surface area contributed by atoms with Crippen LogP contribution in [0.1, 0.15) is 50.0 Å². The molecule has 5 rings (SSSR count). The minimum absolute atomic E-state index is 0.0822. The smallest absolute Gasteiger partial charge is 0.187 e. The maximum Gasteiger partial charge on any atom is 0.187 e. The highest BCUT2D eigenvalue weighted by molar-refractivity contribution is 5.38. The Morgan fingerprint density at radius 3 is 2.15 bits per heavy atom. The van der Waals surface area contributed by atoms with Crippen LogP contribution in [0.5, 0.6) is 0 Å². The fourth-order valence-corrected chi connectivity index (χ4v) is 5.28. The van der Waals surface area contributed by atoms with Crippen LogP contribution in [0.2, 0.25) is 0 Å². The quantitative estimate of drug-likeness (QED) is 0.644. The monoisotopic (exact) mass is 276 g/mol. The van der Waals surface area contributed by atoms with E-state index in [1.165, 1.54) is 38.5 Å². The maximum absolute atomic E-state index is 13.9.